The topological polar surface area (TPSA) is 63.7 Å². The fourth-order valence-corrected chi connectivity index (χ4v) is 2.95. The molecule has 1 aromatic carbocycles. The van der Waals surface area contributed by atoms with E-state index in [1.54, 1.807) is 27.9 Å². The Morgan fingerprint density at radius 2 is 1.67 bits per heavy atom. The SMILES string of the molecule is CN(C)[C@]1(C(=O)OCc2ccccc2)C(=O)C(=O)C1(C)C. The molecule has 0 bridgehead atoms. The smallest absolute Gasteiger partial charge is 0.336 e. The number of hydrogen-bond acceptors (Lipinski definition) is 5. The van der Waals surface area contributed by atoms with Gasteiger partial charge in [0.25, 0.3) is 0 Å². The van der Waals surface area contributed by atoms with E-state index in [0.29, 0.717) is 0 Å². The third-order valence-corrected chi connectivity index (χ3v) is 4.19. The number of ketones is 2. The lowest BCUT2D eigenvalue weighted by Crippen LogP contribution is -2.79. The number of carbonyl (C=O) groups is 3. The van der Waals surface area contributed by atoms with Crippen LogP contribution >= 0.6 is 0 Å². The molecule has 1 aliphatic rings. The van der Waals surface area contributed by atoms with Crippen LogP contribution in [0.25, 0.3) is 0 Å². The third-order valence-electron chi connectivity index (χ3n) is 4.19. The molecule has 0 aliphatic heterocycles. The number of Topliss-reactive ketones (excluding diaryl/α,β-unsaturated/α-hetero) is 2. The van der Waals surface area contributed by atoms with Gasteiger partial charge in [0.05, 0.1) is 5.41 Å². The maximum absolute atomic E-state index is 12.5. The fourth-order valence-electron chi connectivity index (χ4n) is 2.95. The van der Waals surface area contributed by atoms with Crippen LogP contribution in [0.2, 0.25) is 0 Å². The summed E-state index contributed by atoms with van der Waals surface area (Å²) in [6.45, 7) is 3.27. The Kier molecular flexibility index (Phi) is 3.72. The molecular formula is C16H19NO4. The quantitative estimate of drug-likeness (QED) is 0.473. The molecule has 2 rings (SSSR count). The van der Waals surface area contributed by atoms with Gasteiger partial charge in [-0.05, 0) is 33.5 Å². The van der Waals surface area contributed by atoms with E-state index < -0.39 is 28.5 Å². The molecule has 112 valence electrons. The number of benzene rings is 1. The highest BCUT2D eigenvalue weighted by molar-refractivity contribution is 6.55. The Hall–Kier alpha value is -2.01. The number of ether oxygens (including phenoxy) is 1. The molecule has 0 aromatic heterocycles. The minimum atomic E-state index is -1.53. The van der Waals surface area contributed by atoms with Gasteiger partial charge in [-0.2, -0.15) is 0 Å². The number of hydrogen-bond donors (Lipinski definition) is 0. The average molecular weight is 289 g/mol. The second-order valence-electron chi connectivity index (χ2n) is 5.95. The molecule has 0 spiro atoms. The number of esters is 1. The van der Waals surface area contributed by atoms with Crippen LogP contribution in [0.15, 0.2) is 30.3 Å². The van der Waals surface area contributed by atoms with Crippen LogP contribution in [-0.2, 0) is 25.7 Å². The highest BCUT2D eigenvalue weighted by Gasteiger charge is 2.74. The van der Waals surface area contributed by atoms with Crippen LogP contribution in [-0.4, -0.2) is 42.1 Å². The second kappa shape index (κ2) is 5.07. The Morgan fingerprint density at radius 1 is 1.10 bits per heavy atom. The zero-order chi connectivity index (χ0) is 15.8. The Balaban J connectivity index is 2.22. The van der Waals surface area contributed by atoms with E-state index in [-0.39, 0.29) is 6.61 Å². The van der Waals surface area contributed by atoms with Crippen LogP contribution in [0.4, 0.5) is 0 Å². The van der Waals surface area contributed by atoms with Crippen molar-refractivity contribution < 1.29 is 19.1 Å². The monoisotopic (exact) mass is 289 g/mol. The molecule has 1 saturated carbocycles. The zero-order valence-electron chi connectivity index (χ0n) is 12.7. The van der Waals surface area contributed by atoms with Crippen LogP contribution in [0.3, 0.4) is 0 Å². The maximum atomic E-state index is 12.5. The molecule has 0 saturated heterocycles. The summed E-state index contributed by atoms with van der Waals surface area (Å²) < 4.78 is 5.30. The molecule has 0 heterocycles. The molecule has 0 amide bonds. The van der Waals surface area contributed by atoms with Crippen molar-refractivity contribution in [3.05, 3.63) is 35.9 Å². The summed E-state index contributed by atoms with van der Waals surface area (Å²) >= 11 is 0. The molecule has 1 aromatic rings. The minimum absolute atomic E-state index is 0.0762. The van der Waals surface area contributed by atoms with Crippen molar-refractivity contribution in [2.45, 2.75) is 26.0 Å². The summed E-state index contributed by atoms with van der Waals surface area (Å²) in [5.41, 5.74) is -1.78. The van der Waals surface area contributed by atoms with Crippen molar-refractivity contribution in [2.24, 2.45) is 5.41 Å². The molecule has 0 radical (unpaired) electrons. The van der Waals surface area contributed by atoms with Gasteiger partial charge < -0.3 is 4.74 Å². The Morgan fingerprint density at radius 3 is 2.14 bits per heavy atom. The predicted octanol–water partition coefficient (Wildman–Crippen LogP) is 1.21. The first kappa shape index (κ1) is 15.4. The first-order chi connectivity index (χ1) is 9.76. The minimum Gasteiger partial charge on any atom is -0.459 e. The molecular weight excluding hydrogens is 270 g/mol. The standard InChI is InChI=1S/C16H19NO4/c1-15(2)12(18)13(19)16(15,17(3)4)14(20)21-10-11-8-6-5-7-9-11/h5-9H,10H2,1-4H3/t16-/m0/s1. The Labute approximate surface area is 123 Å². The van der Waals surface area contributed by atoms with Gasteiger partial charge in [-0.1, -0.05) is 30.3 Å². The van der Waals surface area contributed by atoms with Gasteiger partial charge >= 0.3 is 5.97 Å². The lowest BCUT2D eigenvalue weighted by molar-refractivity contribution is -0.188. The number of likely N-dealkylation sites (N-methyl/N-ethyl adjacent to an activating group) is 1. The van der Waals surface area contributed by atoms with Crippen molar-refractivity contribution >= 4 is 17.5 Å². The van der Waals surface area contributed by atoms with Crippen molar-refractivity contribution in [2.75, 3.05) is 14.1 Å². The Bertz CT molecular complexity index is 592. The van der Waals surface area contributed by atoms with Crippen LogP contribution in [0, 0.1) is 5.41 Å². The van der Waals surface area contributed by atoms with E-state index in [4.69, 9.17) is 4.74 Å². The van der Waals surface area contributed by atoms with E-state index in [1.807, 2.05) is 30.3 Å². The summed E-state index contributed by atoms with van der Waals surface area (Å²) in [7, 11) is 3.21. The number of rotatable bonds is 4. The van der Waals surface area contributed by atoms with E-state index >= 15 is 0 Å². The fraction of sp³-hybridized carbons (Fsp3) is 0.438. The van der Waals surface area contributed by atoms with Crippen molar-refractivity contribution in [1.29, 1.82) is 0 Å². The van der Waals surface area contributed by atoms with E-state index in [9.17, 15) is 14.4 Å². The summed E-state index contributed by atoms with van der Waals surface area (Å²) in [5, 5.41) is 0. The van der Waals surface area contributed by atoms with E-state index in [2.05, 4.69) is 0 Å². The van der Waals surface area contributed by atoms with Crippen LogP contribution in [0.1, 0.15) is 19.4 Å². The average Bonchev–Trinajstić information content (AvgIpc) is 2.45. The molecule has 1 atom stereocenters. The van der Waals surface area contributed by atoms with Gasteiger partial charge in [-0.15, -0.1) is 0 Å². The van der Waals surface area contributed by atoms with Gasteiger partial charge in [-0.3, -0.25) is 14.5 Å². The molecule has 1 aliphatic carbocycles. The van der Waals surface area contributed by atoms with Gasteiger partial charge in [0.15, 0.2) is 5.54 Å². The van der Waals surface area contributed by atoms with Gasteiger partial charge in [0.2, 0.25) is 11.6 Å². The summed E-state index contributed by atoms with van der Waals surface area (Å²) in [6, 6.07) is 9.20. The zero-order valence-corrected chi connectivity index (χ0v) is 12.7. The van der Waals surface area contributed by atoms with E-state index in [1.165, 1.54) is 4.90 Å². The summed E-state index contributed by atoms with van der Waals surface area (Å²) in [4.78, 5) is 37.9. The molecule has 1 fully saturated rings. The number of nitrogens with zero attached hydrogens (tertiary/aromatic N) is 1. The normalized spacial score (nSPS) is 23.9. The first-order valence-corrected chi connectivity index (χ1v) is 6.74. The predicted molar refractivity (Wildman–Crippen MR) is 76.5 cm³/mol. The summed E-state index contributed by atoms with van der Waals surface area (Å²) in [5.74, 6) is -1.91. The van der Waals surface area contributed by atoms with Gasteiger partial charge in [0, 0.05) is 0 Å². The van der Waals surface area contributed by atoms with Crippen molar-refractivity contribution in [3.63, 3.8) is 0 Å². The van der Waals surface area contributed by atoms with Crippen LogP contribution in [0.5, 0.6) is 0 Å². The first-order valence-electron chi connectivity index (χ1n) is 6.74. The van der Waals surface area contributed by atoms with Crippen LogP contribution < -0.4 is 0 Å². The van der Waals surface area contributed by atoms with Crippen molar-refractivity contribution in [1.82, 2.24) is 4.90 Å². The molecule has 21 heavy (non-hydrogen) atoms. The van der Waals surface area contributed by atoms with Gasteiger partial charge in [0.1, 0.15) is 6.61 Å². The number of carbonyl (C=O) groups excluding carboxylic acids is 3. The summed E-state index contributed by atoms with van der Waals surface area (Å²) in [6.07, 6.45) is 0. The highest BCUT2D eigenvalue weighted by atomic mass is 16.5. The third kappa shape index (κ3) is 2.00. The maximum Gasteiger partial charge on any atom is 0.336 e. The largest absolute Gasteiger partial charge is 0.459 e. The van der Waals surface area contributed by atoms with Gasteiger partial charge in [-0.25, -0.2) is 4.79 Å². The molecule has 5 nitrogen and oxygen atoms in total. The molecule has 0 N–H and O–H groups in total. The van der Waals surface area contributed by atoms with E-state index in [0.717, 1.165) is 5.56 Å². The second-order valence-corrected chi connectivity index (χ2v) is 5.95. The van der Waals surface area contributed by atoms with Crippen molar-refractivity contribution in [3.8, 4) is 0 Å². The molecule has 0 unspecified atom stereocenters. The lowest BCUT2D eigenvalue weighted by atomic mass is 9.53. The lowest BCUT2D eigenvalue weighted by Gasteiger charge is -2.53. The molecule has 5 heteroatoms. The highest BCUT2D eigenvalue weighted by Crippen LogP contribution is 2.47.